The van der Waals surface area contributed by atoms with Gasteiger partial charge in [-0.25, -0.2) is 4.68 Å². The number of halogens is 5. The summed E-state index contributed by atoms with van der Waals surface area (Å²) in [4.78, 5) is 28.6. The third-order valence-corrected chi connectivity index (χ3v) is 6.39. The van der Waals surface area contributed by atoms with Crippen molar-refractivity contribution in [2.24, 2.45) is 5.41 Å². The molecule has 3 heterocycles. The van der Waals surface area contributed by atoms with E-state index in [1.165, 1.54) is 59.3 Å². The van der Waals surface area contributed by atoms with Gasteiger partial charge in [-0.15, -0.1) is 8.78 Å². The Bertz CT molecular complexity index is 1490. The fraction of sp³-hybridized carbons (Fsp3) is 0.346. The molecule has 0 atom stereocenters. The van der Waals surface area contributed by atoms with Crippen LogP contribution in [0.1, 0.15) is 48.1 Å². The normalized spacial score (nSPS) is 15.9. The summed E-state index contributed by atoms with van der Waals surface area (Å²) in [6.07, 6.45) is -8.57. The highest BCUT2D eigenvalue weighted by Gasteiger charge is 2.45. The number of carbonyl (C=O) groups excluding carboxylic acids is 2. The lowest BCUT2D eigenvalue weighted by Crippen LogP contribution is -2.36. The smallest absolute Gasteiger partial charge is 0.395 e. The van der Waals surface area contributed by atoms with Crippen LogP contribution >= 0.6 is 0 Å². The summed E-state index contributed by atoms with van der Waals surface area (Å²) < 4.78 is 78.3. The number of alkyl halides is 5. The lowest BCUT2D eigenvalue weighted by Gasteiger charge is -2.25. The first kappa shape index (κ1) is 26.4. The quantitative estimate of drug-likeness (QED) is 0.410. The highest BCUT2D eigenvalue weighted by atomic mass is 19.4. The van der Waals surface area contributed by atoms with Gasteiger partial charge in [0.05, 0.1) is 24.5 Å². The fourth-order valence-electron chi connectivity index (χ4n) is 4.53. The van der Waals surface area contributed by atoms with Crippen molar-refractivity contribution in [3.05, 3.63) is 65.0 Å². The summed E-state index contributed by atoms with van der Waals surface area (Å²) in [5.74, 6) is -1.29. The zero-order valence-electron chi connectivity index (χ0n) is 21.3. The van der Waals surface area contributed by atoms with Gasteiger partial charge in [0.25, 0.3) is 5.91 Å². The molecule has 0 fully saturated rings. The summed E-state index contributed by atoms with van der Waals surface area (Å²) in [6.45, 7) is 4.75. The zero-order valence-corrected chi connectivity index (χ0v) is 21.3. The fourth-order valence-corrected chi connectivity index (χ4v) is 4.53. The van der Waals surface area contributed by atoms with Gasteiger partial charge >= 0.3 is 12.5 Å². The van der Waals surface area contributed by atoms with E-state index >= 15 is 0 Å². The second-order valence-corrected chi connectivity index (χ2v) is 10.3. The van der Waals surface area contributed by atoms with Gasteiger partial charge in [-0.3, -0.25) is 9.59 Å². The van der Waals surface area contributed by atoms with E-state index in [1.54, 1.807) is 20.8 Å². The lowest BCUT2D eigenvalue weighted by atomic mass is 9.95. The number of hydrogen-bond donors (Lipinski definition) is 0. The predicted molar refractivity (Wildman–Crippen MR) is 128 cm³/mol. The maximum absolute atomic E-state index is 13.9. The summed E-state index contributed by atoms with van der Waals surface area (Å²) in [6, 6.07) is 9.68. The zero-order chi connectivity index (χ0) is 28.5. The maximum Gasteiger partial charge on any atom is 0.586 e. The highest BCUT2D eigenvalue weighted by Crippen LogP contribution is 2.43. The van der Waals surface area contributed by atoms with E-state index in [0.717, 1.165) is 4.68 Å². The van der Waals surface area contributed by atoms with Gasteiger partial charge in [-0.1, -0.05) is 26.8 Å². The van der Waals surface area contributed by atoms with Crippen LogP contribution in [0.25, 0.3) is 5.69 Å². The van der Waals surface area contributed by atoms with Gasteiger partial charge in [0, 0.05) is 35.3 Å². The van der Waals surface area contributed by atoms with E-state index in [1.807, 2.05) is 0 Å². The molecule has 0 spiro atoms. The predicted octanol–water partition coefficient (Wildman–Crippen LogP) is 5.38. The number of ether oxygens (including phenoxy) is 2. The molecule has 2 amide bonds. The van der Waals surface area contributed by atoms with Gasteiger partial charge < -0.3 is 19.3 Å². The van der Waals surface area contributed by atoms with Crippen molar-refractivity contribution in [2.75, 3.05) is 11.9 Å². The van der Waals surface area contributed by atoms with Crippen molar-refractivity contribution in [2.45, 2.75) is 46.3 Å². The molecule has 1 aromatic heterocycles. The van der Waals surface area contributed by atoms with E-state index < -0.39 is 29.5 Å². The first-order valence-corrected chi connectivity index (χ1v) is 11.8. The van der Waals surface area contributed by atoms with Crippen LogP contribution in [0.2, 0.25) is 0 Å². The van der Waals surface area contributed by atoms with Gasteiger partial charge in [-0.2, -0.15) is 18.3 Å². The first-order chi connectivity index (χ1) is 18.0. The molecular weight excluding hydrogens is 527 g/mol. The lowest BCUT2D eigenvalue weighted by molar-refractivity contribution is -0.286. The number of aromatic nitrogens is 2. The number of nitrogens with zero attached hydrogens (tertiary/aromatic N) is 4. The largest absolute Gasteiger partial charge is 0.586 e. The van der Waals surface area contributed by atoms with Crippen LogP contribution in [-0.4, -0.2) is 39.8 Å². The minimum absolute atomic E-state index is 0.0750. The Hall–Kier alpha value is -4.16. The molecule has 5 rings (SSSR count). The van der Waals surface area contributed by atoms with Gasteiger partial charge in [0.2, 0.25) is 5.91 Å². The van der Waals surface area contributed by atoms with E-state index in [0.29, 0.717) is 0 Å². The summed E-state index contributed by atoms with van der Waals surface area (Å²) in [7, 11) is 1.41. The van der Waals surface area contributed by atoms with Gasteiger partial charge in [-0.05, 0) is 30.3 Å². The average molecular weight is 550 g/mol. The standard InChI is InChI=1S/C26H23F5N4O4/c1-24(2,3)23(37)34-12-17-18(13-34)35(32-21(17)25(27,28)29)16-7-5-6-14(10-16)22(36)33(4)15-8-9-19-20(11-15)39-26(30,31)38-19/h5-11H,12-13H2,1-4H3. The molecule has 2 aliphatic rings. The number of benzene rings is 2. The number of amides is 2. The van der Waals surface area contributed by atoms with Crippen LogP contribution in [-0.2, 0) is 24.1 Å². The molecule has 3 aromatic rings. The molecule has 0 bridgehead atoms. The molecule has 0 radical (unpaired) electrons. The van der Waals surface area contributed by atoms with Crippen LogP contribution in [0.5, 0.6) is 11.5 Å². The van der Waals surface area contributed by atoms with Gasteiger partial charge in [0.1, 0.15) is 0 Å². The molecule has 0 aliphatic carbocycles. The molecular formula is C26H23F5N4O4. The minimum atomic E-state index is -4.75. The maximum atomic E-state index is 13.9. The summed E-state index contributed by atoms with van der Waals surface area (Å²) >= 11 is 0. The molecule has 0 N–H and O–H groups in total. The van der Waals surface area contributed by atoms with Crippen LogP contribution in [0.4, 0.5) is 27.6 Å². The SMILES string of the molecule is CN(C(=O)c1cccc(-n2nc(C(F)(F)F)c3c2CN(C(=O)C(C)(C)C)C3)c1)c1ccc2c(c1)OC(F)(F)O2. The average Bonchev–Trinajstić information content (AvgIpc) is 3.50. The Balaban J connectivity index is 1.47. The van der Waals surface area contributed by atoms with Crippen molar-refractivity contribution < 1.29 is 41.0 Å². The Kier molecular flexibility index (Phi) is 5.89. The monoisotopic (exact) mass is 550 g/mol. The highest BCUT2D eigenvalue weighted by molar-refractivity contribution is 6.06. The molecule has 13 heteroatoms. The van der Waals surface area contributed by atoms with Crippen molar-refractivity contribution in [3.8, 4) is 17.2 Å². The van der Waals surface area contributed by atoms with Crippen LogP contribution < -0.4 is 14.4 Å². The number of fused-ring (bicyclic) bond motifs is 2. The Morgan fingerprint density at radius 3 is 2.36 bits per heavy atom. The number of anilines is 1. The summed E-state index contributed by atoms with van der Waals surface area (Å²) in [5.41, 5.74) is -1.25. The Morgan fingerprint density at radius 2 is 1.69 bits per heavy atom. The third kappa shape index (κ3) is 4.77. The Morgan fingerprint density at radius 1 is 1.00 bits per heavy atom. The van der Waals surface area contributed by atoms with E-state index in [-0.39, 0.29) is 58.7 Å². The van der Waals surface area contributed by atoms with Crippen molar-refractivity contribution in [1.82, 2.24) is 14.7 Å². The molecule has 206 valence electrons. The molecule has 8 nitrogen and oxygen atoms in total. The first-order valence-electron chi connectivity index (χ1n) is 11.8. The van der Waals surface area contributed by atoms with E-state index in [4.69, 9.17) is 0 Å². The van der Waals surface area contributed by atoms with Crippen LogP contribution in [0, 0.1) is 5.41 Å². The summed E-state index contributed by atoms with van der Waals surface area (Å²) in [5, 5.41) is 3.81. The van der Waals surface area contributed by atoms with Crippen molar-refractivity contribution >= 4 is 17.5 Å². The van der Waals surface area contributed by atoms with Crippen LogP contribution in [0.15, 0.2) is 42.5 Å². The topological polar surface area (TPSA) is 76.9 Å². The molecule has 2 aliphatic heterocycles. The Labute approximate surface area is 219 Å². The minimum Gasteiger partial charge on any atom is -0.395 e. The molecule has 39 heavy (non-hydrogen) atoms. The second-order valence-electron chi connectivity index (χ2n) is 10.3. The third-order valence-electron chi connectivity index (χ3n) is 6.39. The van der Waals surface area contributed by atoms with E-state index in [2.05, 4.69) is 14.6 Å². The van der Waals surface area contributed by atoms with Crippen molar-refractivity contribution in [1.29, 1.82) is 0 Å². The number of hydrogen-bond acceptors (Lipinski definition) is 5. The van der Waals surface area contributed by atoms with Gasteiger partial charge in [0.15, 0.2) is 17.2 Å². The van der Waals surface area contributed by atoms with E-state index in [9.17, 15) is 31.5 Å². The number of rotatable bonds is 3. The molecule has 0 unspecified atom stereocenters. The number of carbonyl (C=O) groups is 2. The molecule has 0 saturated carbocycles. The second kappa shape index (κ2) is 8.68. The molecule has 0 saturated heterocycles. The van der Waals surface area contributed by atoms with Crippen molar-refractivity contribution in [3.63, 3.8) is 0 Å². The molecule has 2 aromatic carbocycles. The van der Waals surface area contributed by atoms with Crippen LogP contribution in [0.3, 0.4) is 0 Å².